The smallest absolute Gasteiger partial charge is 0.246 e. The summed E-state index contributed by atoms with van der Waals surface area (Å²) in [5.74, 6) is -3.81. The Morgan fingerprint density at radius 3 is 2.00 bits per heavy atom. The number of nitrogens with two attached hydrogens (primary N) is 3. The number of aliphatic imine (C=N–C) groups is 1. The molecule has 2 fully saturated rings. The third-order valence-corrected chi connectivity index (χ3v) is 12.7. The molecule has 0 radical (unpaired) electrons. The molecule has 0 aliphatic carbocycles. The minimum Gasteiger partial charge on any atom is -0.370 e. The van der Waals surface area contributed by atoms with Crippen molar-refractivity contribution in [2.45, 2.75) is 93.8 Å². The second-order valence-electron chi connectivity index (χ2n) is 17.5. The first kappa shape index (κ1) is 45.9. The van der Waals surface area contributed by atoms with Crippen LogP contribution in [0, 0.1) is 0 Å². The number of rotatable bonds is 10. The third kappa shape index (κ3) is 10.9. The maximum absolute atomic E-state index is 15.1. The Morgan fingerprint density at radius 2 is 1.28 bits per heavy atom. The SMILES string of the molecule is NC(N)=NCCC[C@@H]1NC(=O)[C@H](Cc2c[nH]c3ccccc23)NC(=O)[C@@H](Cc2ccccc2)NC(=O)[C@H](Cc2cccnc2)NC(=O)[C@@H]2Cc3ccccc3CN2C(=O)[C@H]2C[C@H](N)CN2C1=O. The summed E-state index contributed by atoms with van der Waals surface area (Å²) >= 11 is 0. The zero-order valence-corrected chi connectivity index (χ0v) is 37.0. The van der Waals surface area contributed by atoms with Gasteiger partial charge in [-0.25, -0.2) is 0 Å². The molecular formula is C49H56N12O6. The molecule has 2 saturated heterocycles. The molecular weight excluding hydrogens is 853 g/mol. The van der Waals surface area contributed by atoms with Gasteiger partial charge in [0.1, 0.15) is 36.3 Å². The molecule has 348 valence electrons. The van der Waals surface area contributed by atoms with Crippen LogP contribution in [0.2, 0.25) is 0 Å². The summed E-state index contributed by atoms with van der Waals surface area (Å²) in [4.78, 5) is 104. The molecule has 3 aliphatic heterocycles. The van der Waals surface area contributed by atoms with Crippen LogP contribution in [-0.2, 0) is 61.0 Å². The lowest BCUT2D eigenvalue weighted by Gasteiger charge is -2.40. The maximum atomic E-state index is 15.1. The van der Waals surface area contributed by atoms with Gasteiger partial charge in [0.25, 0.3) is 0 Å². The molecule has 67 heavy (non-hydrogen) atoms. The van der Waals surface area contributed by atoms with Gasteiger partial charge in [0.2, 0.25) is 35.4 Å². The van der Waals surface area contributed by atoms with E-state index in [-0.39, 0.29) is 70.5 Å². The van der Waals surface area contributed by atoms with Gasteiger partial charge in [0, 0.05) is 80.9 Å². The van der Waals surface area contributed by atoms with Crippen LogP contribution in [0.1, 0.15) is 47.1 Å². The standard InChI is InChI=1S/C49H56N12O6/c50-34-24-42-48(67)60-27-32-14-5-4-13-31(32)23-41(60)46(65)59-39(21-30-12-8-18-53-25-30)44(63)57-38(20-29-10-2-1-3-11-29)43(62)58-40(22-33-26-55-36-16-7-6-15-35(33)36)45(64)56-37(47(66)61(42)28-34)17-9-19-54-49(51)52/h1-8,10-16,18,25-26,34,37-42,55H,9,17,19-24,27-28,50H2,(H,56,64)(H,57,63)(H,58,62)(H,59,65)(H4,51,52,54)/t34-,37-,38+,39-,40-,41-,42+/m0/s1. The van der Waals surface area contributed by atoms with Crippen molar-refractivity contribution in [2.24, 2.45) is 22.2 Å². The van der Waals surface area contributed by atoms with Gasteiger partial charge in [-0.1, -0.05) is 78.9 Å². The molecule has 7 atom stereocenters. The summed E-state index contributed by atoms with van der Waals surface area (Å²) in [5, 5.41) is 12.5. The number of nitrogens with zero attached hydrogens (tertiary/aromatic N) is 4. The Labute approximate surface area is 387 Å². The van der Waals surface area contributed by atoms with E-state index in [2.05, 4.69) is 36.2 Å². The molecule has 11 N–H and O–H groups in total. The number of benzene rings is 3. The lowest BCUT2D eigenvalue weighted by molar-refractivity contribution is -0.150. The van der Waals surface area contributed by atoms with Gasteiger partial charge < -0.3 is 53.3 Å². The fourth-order valence-electron chi connectivity index (χ4n) is 9.32. The lowest BCUT2D eigenvalue weighted by atomic mass is 9.92. The predicted octanol–water partition coefficient (Wildman–Crippen LogP) is 0.479. The van der Waals surface area contributed by atoms with E-state index >= 15 is 4.79 Å². The van der Waals surface area contributed by atoms with E-state index in [1.807, 2.05) is 78.9 Å². The average Bonchev–Trinajstić information content (AvgIpc) is 3.94. The Balaban J connectivity index is 1.22. The number of aromatic amines is 1. The number of hydrogen-bond donors (Lipinski definition) is 8. The van der Waals surface area contributed by atoms with E-state index in [1.54, 1.807) is 30.7 Å². The first-order valence-corrected chi connectivity index (χ1v) is 22.6. The Bertz CT molecular complexity index is 2640. The van der Waals surface area contributed by atoms with Gasteiger partial charge in [0.15, 0.2) is 5.96 Å². The van der Waals surface area contributed by atoms with Crippen molar-refractivity contribution in [3.05, 3.63) is 137 Å². The van der Waals surface area contributed by atoms with Crippen LogP contribution in [0.15, 0.2) is 115 Å². The number of carbonyl (C=O) groups is 6. The molecule has 0 spiro atoms. The van der Waals surface area contributed by atoms with Gasteiger partial charge in [-0.3, -0.25) is 38.7 Å². The third-order valence-electron chi connectivity index (χ3n) is 12.7. The van der Waals surface area contributed by atoms with Gasteiger partial charge in [-0.05, 0) is 59.2 Å². The summed E-state index contributed by atoms with van der Waals surface area (Å²) in [7, 11) is 0. The normalized spacial score (nSPS) is 24.0. The summed E-state index contributed by atoms with van der Waals surface area (Å²) in [5.41, 5.74) is 22.3. The number of pyridine rings is 1. The molecule has 3 aliphatic rings. The second kappa shape index (κ2) is 20.7. The van der Waals surface area contributed by atoms with Gasteiger partial charge in [-0.2, -0.15) is 0 Å². The summed E-state index contributed by atoms with van der Waals surface area (Å²) in [6, 6.07) is 19.8. The Morgan fingerprint density at radius 1 is 0.657 bits per heavy atom. The summed E-state index contributed by atoms with van der Waals surface area (Å²) in [6.07, 6.45) is 5.51. The zero-order chi connectivity index (χ0) is 47.0. The molecule has 2 aromatic heterocycles. The number of amides is 6. The number of carbonyl (C=O) groups excluding carboxylic acids is 6. The number of nitrogens with one attached hydrogen (secondary N) is 5. The molecule has 18 heteroatoms. The van der Waals surface area contributed by atoms with E-state index in [1.165, 1.54) is 9.80 Å². The highest BCUT2D eigenvalue weighted by Crippen LogP contribution is 2.29. The predicted molar refractivity (Wildman–Crippen MR) is 250 cm³/mol. The van der Waals surface area contributed by atoms with Gasteiger partial charge >= 0.3 is 0 Å². The van der Waals surface area contributed by atoms with E-state index in [0.29, 0.717) is 11.1 Å². The highest BCUT2D eigenvalue weighted by Gasteiger charge is 2.46. The van der Waals surface area contributed by atoms with Crippen LogP contribution in [0.3, 0.4) is 0 Å². The van der Waals surface area contributed by atoms with Crippen LogP contribution in [0.5, 0.6) is 0 Å². The topological polar surface area (TPSA) is 276 Å². The molecule has 3 aromatic carbocycles. The van der Waals surface area contributed by atoms with E-state index in [9.17, 15) is 24.0 Å². The van der Waals surface area contributed by atoms with Gasteiger partial charge in [0.05, 0.1) is 0 Å². The lowest BCUT2D eigenvalue weighted by Crippen LogP contribution is -2.63. The van der Waals surface area contributed by atoms with Crippen molar-refractivity contribution >= 4 is 52.3 Å². The molecule has 18 nitrogen and oxygen atoms in total. The van der Waals surface area contributed by atoms with Crippen LogP contribution in [0.4, 0.5) is 0 Å². The number of guanidine groups is 1. The molecule has 0 bridgehead atoms. The van der Waals surface area contributed by atoms with Crippen molar-refractivity contribution in [3.63, 3.8) is 0 Å². The molecule has 5 heterocycles. The van der Waals surface area contributed by atoms with Crippen LogP contribution >= 0.6 is 0 Å². The Kier molecular flexibility index (Phi) is 14.2. The van der Waals surface area contributed by atoms with E-state index in [4.69, 9.17) is 17.2 Å². The minimum atomic E-state index is -1.27. The molecule has 5 aromatic rings. The number of H-pyrrole nitrogens is 1. The number of hydrogen-bond acceptors (Lipinski definition) is 9. The fraction of sp³-hybridized carbons (Fsp3) is 0.347. The van der Waals surface area contributed by atoms with Crippen LogP contribution in [0.25, 0.3) is 10.9 Å². The van der Waals surface area contributed by atoms with Crippen molar-refractivity contribution in [2.75, 3.05) is 13.1 Å². The fourth-order valence-corrected chi connectivity index (χ4v) is 9.32. The van der Waals surface area contributed by atoms with Gasteiger partial charge in [-0.15, -0.1) is 0 Å². The Hall–Kier alpha value is -7.60. The minimum absolute atomic E-state index is 0.000821. The molecule has 8 rings (SSSR count). The summed E-state index contributed by atoms with van der Waals surface area (Å²) in [6.45, 7) is 0.195. The molecule has 0 unspecified atom stereocenters. The number of aromatic nitrogens is 2. The molecule has 0 saturated carbocycles. The second-order valence-corrected chi connectivity index (χ2v) is 17.5. The van der Waals surface area contributed by atoms with Crippen molar-refractivity contribution < 1.29 is 28.8 Å². The average molecular weight is 909 g/mol. The monoisotopic (exact) mass is 908 g/mol. The van der Waals surface area contributed by atoms with Crippen molar-refractivity contribution in [1.82, 2.24) is 41.0 Å². The highest BCUT2D eigenvalue weighted by atomic mass is 16.2. The first-order chi connectivity index (χ1) is 32.4. The van der Waals surface area contributed by atoms with E-state index < -0.39 is 77.7 Å². The molecule has 6 amide bonds. The van der Waals surface area contributed by atoms with Crippen molar-refractivity contribution in [1.29, 1.82) is 0 Å². The van der Waals surface area contributed by atoms with Crippen molar-refractivity contribution in [3.8, 4) is 0 Å². The van der Waals surface area contributed by atoms with Crippen LogP contribution < -0.4 is 38.5 Å². The number of para-hydroxylation sites is 1. The van der Waals surface area contributed by atoms with Crippen LogP contribution in [-0.4, -0.2) is 117 Å². The number of fused-ring (bicyclic) bond motifs is 4. The first-order valence-electron chi connectivity index (χ1n) is 22.6. The summed E-state index contributed by atoms with van der Waals surface area (Å²) < 4.78 is 0. The van der Waals surface area contributed by atoms with E-state index in [0.717, 1.165) is 27.6 Å². The maximum Gasteiger partial charge on any atom is 0.246 e. The zero-order valence-electron chi connectivity index (χ0n) is 37.0. The largest absolute Gasteiger partial charge is 0.370 e. The highest BCUT2D eigenvalue weighted by molar-refractivity contribution is 5.99. The quantitative estimate of drug-likeness (QED) is 0.0546.